The smallest absolute Gasteiger partial charge is 0.693 e. The van der Waals surface area contributed by atoms with Crippen molar-refractivity contribution in [2.75, 3.05) is 0 Å². The van der Waals surface area contributed by atoms with Crippen LogP contribution in [0, 0.1) is 0 Å². The van der Waals surface area contributed by atoms with Crippen LogP contribution in [0.3, 0.4) is 0 Å². The zero-order chi connectivity index (χ0) is 2.71. The van der Waals surface area contributed by atoms with Crippen molar-refractivity contribution < 1.29 is 15.3 Å². The van der Waals surface area contributed by atoms with Crippen LogP contribution in [0.4, 0.5) is 0 Å². The van der Waals surface area contributed by atoms with E-state index in [0.29, 0.717) is 0 Å². The minimum absolute atomic E-state index is 0. The van der Waals surface area contributed by atoms with Crippen LogP contribution < -0.4 is 0 Å². The second kappa shape index (κ2) is 27.8. The number of nitrogens with two attached hydrogens (primary N) is 2. The third-order valence-corrected chi connectivity index (χ3v) is 0. The Morgan fingerprint density at radius 3 is 1.40 bits per heavy atom. The Morgan fingerprint density at radius 1 is 1.40 bits per heavy atom. The van der Waals surface area contributed by atoms with Crippen molar-refractivity contribution in [1.82, 2.24) is 0 Å². The van der Waals surface area contributed by atoms with Crippen LogP contribution in [0.25, 0.3) is 12.3 Å². The molecule has 0 spiro atoms. The number of hydrogen-bond acceptors (Lipinski definition) is 0. The Kier molecular flexibility index (Phi) is 103. The van der Waals surface area contributed by atoms with Gasteiger partial charge in [-0.3, -0.25) is 0 Å². The third kappa shape index (κ3) is 258. The molecule has 5 heavy (non-hydrogen) atoms. The van der Waals surface area contributed by atoms with Crippen LogP contribution in [0.2, 0.25) is 0 Å². The summed E-state index contributed by atoms with van der Waals surface area (Å²) >= 11 is 3.70. The summed E-state index contributed by atoms with van der Waals surface area (Å²) in [4.78, 5) is 1.69. The van der Waals surface area contributed by atoms with Crippen molar-refractivity contribution >= 4 is 4.96 Å². The van der Waals surface area contributed by atoms with Gasteiger partial charge in [-0.05, 0) is 0 Å². The molecule has 0 aliphatic rings. The van der Waals surface area contributed by atoms with Gasteiger partial charge >= 0.3 is 27.2 Å². The van der Waals surface area contributed by atoms with Gasteiger partial charge in [-0.1, -0.05) is 0 Å². The maximum absolute atomic E-state index is 3.70. The topological polar surface area (TPSA) is 67.0 Å². The molecule has 0 aliphatic heterocycles. The van der Waals surface area contributed by atoms with Crippen LogP contribution in [0.5, 0.6) is 0 Å². The Balaban J connectivity index is -0.0000000200. The Labute approximate surface area is 40.3 Å². The van der Waals surface area contributed by atoms with E-state index in [4.69, 9.17) is 0 Å². The Morgan fingerprint density at radius 2 is 1.40 bits per heavy atom. The molecule has 0 saturated carbocycles. The maximum Gasteiger partial charge on any atom is -0.693 e. The average Bonchev–Trinajstić information content (AvgIpc) is 0.918. The molecular weight excluding hydrogens is 111 g/mol. The van der Waals surface area contributed by atoms with Crippen LogP contribution in [-0.4, -0.2) is 4.96 Å². The molecule has 3 heteroatoms. The molecule has 0 saturated heterocycles. The summed E-state index contributed by atoms with van der Waals surface area (Å²) < 4.78 is 0. The van der Waals surface area contributed by atoms with Crippen molar-refractivity contribution in [1.29, 1.82) is 0 Å². The van der Waals surface area contributed by atoms with E-state index in [1.165, 1.54) is 0 Å². The van der Waals surface area contributed by atoms with E-state index >= 15 is 0 Å². The van der Waals surface area contributed by atoms with Crippen molar-refractivity contribution in [3.63, 3.8) is 0 Å². The maximum atomic E-state index is 3.70. The molecule has 0 rings (SSSR count). The SMILES string of the molecule is C[CH]=[Co].[NH2-].[NH2-]. The second-order valence-electron chi connectivity index (χ2n) is 0.192. The van der Waals surface area contributed by atoms with Crippen LogP contribution in [-0.2, 0) is 15.3 Å². The average molecular weight is 119 g/mol. The number of rotatable bonds is 0. The summed E-state index contributed by atoms with van der Waals surface area (Å²) in [6, 6.07) is 0. The molecule has 37 valence electrons. The van der Waals surface area contributed by atoms with Crippen molar-refractivity contribution in [2.45, 2.75) is 6.92 Å². The Hall–Kier alpha value is 0.296. The van der Waals surface area contributed by atoms with Crippen LogP contribution in [0.1, 0.15) is 6.92 Å². The summed E-state index contributed by atoms with van der Waals surface area (Å²) in [6.45, 7) is 1.86. The van der Waals surface area contributed by atoms with Gasteiger partial charge in [0, 0.05) is 0 Å². The molecule has 0 heterocycles. The zero-order valence-electron chi connectivity index (χ0n) is 3.07. The summed E-state index contributed by atoms with van der Waals surface area (Å²) in [5, 5.41) is 0. The molecule has 0 radical (unpaired) electrons. The molecule has 0 amide bonds. The monoisotopic (exact) mass is 119 g/mol. The quantitative estimate of drug-likeness (QED) is 0.466. The van der Waals surface area contributed by atoms with Gasteiger partial charge in [0.2, 0.25) is 0 Å². The molecule has 0 aromatic carbocycles. The first-order valence-corrected chi connectivity index (χ1v) is 1.37. The van der Waals surface area contributed by atoms with Crippen molar-refractivity contribution in [3.05, 3.63) is 12.3 Å². The minimum Gasteiger partial charge on any atom is -0.693 e. The predicted octanol–water partition coefficient (Wildman–Crippen LogP) is 1.79. The third-order valence-electron chi connectivity index (χ3n) is 0. The fourth-order valence-electron chi connectivity index (χ4n) is 0. The zero-order valence-corrected chi connectivity index (χ0v) is 4.11. The molecule has 4 N–H and O–H groups in total. The molecule has 0 bridgehead atoms. The first-order valence-electron chi connectivity index (χ1n) is 0.770. The molecule has 2 nitrogen and oxygen atoms in total. The van der Waals surface area contributed by atoms with Gasteiger partial charge in [0.05, 0.1) is 0 Å². The molecule has 0 atom stereocenters. The molecule has 0 aromatic heterocycles. The van der Waals surface area contributed by atoms with E-state index in [1.54, 1.807) is 4.96 Å². The second-order valence-corrected chi connectivity index (χ2v) is 0.793. The molecule has 0 aliphatic carbocycles. The molecule has 0 aromatic rings. The van der Waals surface area contributed by atoms with Gasteiger partial charge in [0.25, 0.3) is 0 Å². The molecule has 0 fully saturated rings. The first-order chi connectivity index (χ1) is 1.41. The van der Waals surface area contributed by atoms with Gasteiger partial charge < -0.3 is 12.3 Å². The molecular formula is C2H8CoN2-2. The first kappa shape index (κ1) is 18.5. The van der Waals surface area contributed by atoms with Crippen molar-refractivity contribution in [2.24, 2.45) is 0 Å². The van der Waals surface area contributed by atoms with E-state index in [1.807, 2.05) is 6.92 Å². The van der Waals surface area contributed by atoms with Crippen LogP contribution >= 0.6 is 0 Å². The Bertz CT molecular complexity index is 15.1. The van der Waals surface area contributed by atoms with E-state index in [2.05, 4.69) is 15.3 Å². The van der Waals surface area contributed by atoms with Gasteiger partial charge in [-0.2, -0.15) is 0 Å². The fourth-order valence-corrected chi connectivity index (χ4v) is 0. The summed E-state index contributed by atoms with van der Waals surface area (Å²) in [5.41, 5.74) is 0. The summed E-state index contributed by atoms with van der Waals surface area (Å²) in [6.07, 6.45) is 0. The largest absolute Gasteiger partial charge is 0.693 e. The predicted molar refractivity (Wildman–Crippen MR) is 22.3 cm³/mol. The fraction of sp³-hybridized carbons (Fsp3) is 0.500. The van der Waals surface area contributed by atoms with Gasteiger partial charge in [0.15, 0.2) is 0 Å². The standard InChI is InChI=1S/C2H4.Co.2H2N/c1-2;;;/h1H,2H3;;2*1H2/q;;2*-1. The number of hydrogen-bond donors (Lipinski definition) is 0. The van der Waals surface area contributed by atoms with E-state index in [-0.39, 0.29) is 12.3 Å². The van der Waals surface area contributed by atoms with E-state index in [9.17, 15) is 0 Å². The van der Waals surface area contributed by atoms with Crippen LogP contribution in [0.15, 0.2) is 0 Å². The molecule has 0 unspecified atom stereocenters. The van der Waals surface area contributed by atoms with Crippen molar-refractivity contribution in [3.8, 4) is 0 Å². The van der Waals surface area contributed by atoms with Gasteiger partial charge in [-0.25, -0.2) is 0 Å². The normalized spacial score (nSPS) is 2.80. The van der Waals surface area contributed by atoms with E-state index in [0.717, 1.165) is 0 Å². The van der Waals surface area contributed by atoms with Gasteiger partial charge in [0.1, 0.15) is 0 Å². The van der Waals surface area contributed by atoms with Gasteiger partial charge in [-0.15, -0.1) is 0 Å². The minimum atomic E-state index is 0. The summed E-state index contributed by atoms with van der Waals surface area (Å²) in [7, 11) is 0. The van der Waals surface area contributed by atoms with E-state index < -0.39 is 0 Å². The summed E-state index contributed by atoms with van der Waals surface area (Å²) in [5.74, 6) is 0.